The summed E-state index contributed by atoms with van der Waals surface area (Å²) in [6, 6.07) is 16.2. The van der Waals surface area contributed by atoms with Crippen LogP contribution in [0.25, 0.3) is 11.0 Å². The highest BCUT2D eigenvalue weighted by Gasteiger charge is 2.34. The number of hydrogen-bond donors (Lipinski definition) is 0. The van der Waals surface area contributed by atoms with E-state index in [2.05, 4.69) is 0 Å². The van der Waals surface area contributed by atoms with Crippen molar-refractivity contribution >= 4 is 26.7 Å². The molecule has 0 radical (unpaired) electrons. The van der Waals surface area contributed by atoms with Crippen molar-refractivity contribution in [3.05, 3.63) is 76.6 Å². The van der Waals surface area contributed by atoms with E-state index < -0.39 is 27.4 Å². The van der Waals surface area contributed by atoms with Crippen LogP contribution in [0.5, 0.6) is 0 Å². The van der Waals surface area contributed by atoms with Crippen molar-refractivity contribution in [2.24, 2.45) is 0 Å². The molecule has 2 heterocycles. The Morgan fingerprint density at radius 3 is 2.57 bits per heavy atom. The summed E-state index contributed by atoms with van der Waals surface area (Å²) in [4.78, 5) is 27.1. The van der Waals surface area contributed by atoms with E-state index in [0.29, 0.717) is 30.4 Å². The van der Waals surface area contributed by atoms with E-state index in [1.807, 2.05) is 0 Å². The molecule has 0 bridgehead atoms. The molecule has 4 rings (SSSR count). The maximum atomic E-state index is 13.0. The molecule has 6 nitrogen and oxygen atoms in total. The van der Waals surface area contributed by atoms with Crippen LogP contribution in [0.3, 0.4) is 0 Å². The van der Waals surface area contributed by atoms with Gasteiger partial charge in [0.2, 0.25) is 0 Å². The molecule has 2 aromatic carbocycles. The monoisotopic (exact) mass is 397 g/mol. The molecular formula is C21H19NO5S. The van der Waals surface area contributed by atoms with Crippen molar-refractivity contribution in [3.8, 4) is 0 Å². The Balaban J connectivity index is 1.63. The summed E-state index contributed by atoms with van der Waals surface area (Å²) in [5.41, 5.74) is -0.364. The molecule has 1 aromatic heterocycles. The summed E-state index contributed by atoms with van der Waals surface area (Å²) in [5, 5.41) is 0.651. The summed E-state index contributed by atoms with van der Waals surface area (Å²) < 4.78 is 30.7. The second-order valence-electron chi connectivity index (χ2n) is 6.87. The molecule has 1 atom stereocenters. The largest absolute Gasteiger partial charge is 0.422 e. The summed E-state index contributed by atoms with van der Waals surface area (Å²) >= 11 is 0. The topological polar surface area (TPSA) is 84.7 Å². The van der Waals surface area contributed by atoms with Crippen LogP contribution in [0.1, 0.15) is 23.2 Å². The van der Waals surface area contributed by atoms with Gasteiger partial charge in [-0.2, -0.15) is 0 Å². The Labute approximate surface area is 162 Å². The van der Waals surface area contributed by atoms with Crippen LogP contribution in [0.4, 0.5) is 0 Å². The smallest absolute Gasteiger partial charge is 0.349 e. The Morgan fingerprint density at radius 1 is 1.07 bits per heavy atom. The fourth-order valence-electron chi connectivity index (χ4n) is 3.62. The average Bonchev–Trinajstić information content (AvgIpc) is 3.15. The first-order chi connectivity index (χ1) is 13.5. The number of likely N-dealkylation sites (tertiary alicyclic amines) is 1. The van der Waals surface area contributed by atoms with Gasteiger partial charge >= 0.3 is 5.63 Å². The van der Waals surface area contributed by atoms with E-state index in [0.717, 1.165) is 0 Å². The van der Waals surface area contributed by atoms with Crippen molar-refractivity contribution in [2.45, 2.75) is 23.8 Å². The van der Waals surface area contributed by atoms with Gasteiger partial charge in [0.1, 0.15) is 11.1 Å². The third-order valence-electron chi connectivity index (χ3n) is 5.02. The SMILES string of the molecule is O=C(c1cc2ccccc2oc1=O)N1CCCC1CS(=O)(=O)c1ccccc1. The van der Waals surface area contributed by atoms with Gasteiger partial charge in [-0.1, -0.05) is 36.4 Å². The molecule has 3 aromatic rings. The van der Waals surface area contributed by atoms with Gasteiger partial charge in [-0.15, -0.1) is 0 Å². The van der Waals surface area contributed by atoms with Gasteiger partial charge in [-0.3, -0.25) is 4.79 Å². The number of amides is 1. The number of benzene rings is 2. The molecule has 0 spiro atoms. The number of hydrogen-bond acceptors (Lipinski definition) is 5. The van der Waals surface area contributed by atoms with E-state index in [9.17, 15) is 18.0 Å². The van der Waals surface area contributed by atoms with Crippen molar-refractivity contribution < 1.29 is 17.6 Å². The molecule has 1 fully saturated rings. The second-order valence-corrected chi connectivity index (χ2v) is 8.91. The first-order valence-corrected chi connectivity index (χ1v) is 10.7. The zero-order chi connectivity index (χ0) is 19.7. The molecule has 0 aliphatic carbocycles. The quantitative estimate of drug-likeness (QED) is 0.632. The lowest BCUT2D eigenvalue weighted by molar-refractivity contribution is 0.0745. The Morgan fingerprint density at radius 2 is 1.79 bits per heavy atom. The summed E-state index contributed by atoms with van der Waals surface area (Å²) in [5.74, 6) is -0.646. The molecule has 1 unspecified atom stereocenters. The Hall–Kier alpha value is -2.93. The summed E-state index contributed by atoms with van der Waals surface area (Å²) in [6.45, 7) is 0.417. The normalized spacial score (nSPS) is 17.1. The lowest BCUT2D eigenvalue weighted by Crippen LogP contribution is -2.41. The van der Waals surface area contributed by atoms with E-state index in [1.54, 1.807) is 54.6 Å². The fraction of sp³-hybridized carbons (Fsp3) is 0.238. The van der Waals surface area contributed by atoms with Crippen molar-refractivity contribution in [2.75, 3.05) is 12.3 Å². The highest BCUT2D eigenvalue weighted by molar-refractivity contribution is 7.91. The summed E-state index contributed by atoms with van der Waals surface area (Å²) in [7, 11) is -3.53. The number of rotatable bonds is 4. The molecule has 0 saturated carbocycles. The average molecular weight is 397 g/mol. The molecule has 1 saturated heterocycles. The van der Waals surface area contributed by atoms with Crippen LogP contribution >= 0.6 is 0 Å². The van der Waals surface area contributed by atoms with Gasteiger partial charge in [0.25, 0.3) is 5.91 Å². The predicted octanol–water partition coefficient (Wildman–Crippen LogP) is 2.87. The minimum atomic E-state index is -3.53. The minimum Gasteiger partial charge on any atom is -0.422 e. The van der Waals surface area contributed by atoms with Gasteiger partial charge in [-0.25, -0.2) is 13.2 Å². The molecular weight excluding hydrogens is 378 g/mol. The number of para-hydroxylation sites is 1. The number of sulfone groups is 1. The minimum absolute atomic E-state index is 0.0669. The van der Waals surface area contributed by atoms with Crippen LogP contribution < -0.4 is 5.63 Å². The number of carbonyl (C=O) groups is 1. The molecule has 7 heteroatoms. The van der Waals surface area contributed by atoms with Gasteiger partial charge in [0.05, 0.1) is 10.6 Å². The van der Waals surface area contributed by atoms with Gasteiger partial charge < -0.3 is 9.32 Å². The maximum absolute atomic E-state index is 13.0. The first kappa shape index (κ1) is 18.4. The molecule has 1 amide bonds. The molecule has 0 N–H and O–H groups in total. The number of carbonyl (C=O) groups excluding carboxylic acids is 1. The Kier molecular flexibility index (Phi) is 4.77. The van der Waals surface area contributed by atoms with Crippen LogP contribution in [0, 0.1) is 0 Å². The van der Waals surface area contributed by atoms with Crippen molar-refractivity contribution in [1.82, 2.24) is 4.90 Å². The van der Waals surface area contributed by atoms with Gasteiger partial charge in [0, 0.05) is 18.0 Å². The van der Waals surface area contributed by atoms with E-state index >= 15 is 0 Å². The van der Waals surface area contributed by atoms with Crippen LogP contribution in [-0.4, -0.2) is 37.6 Å². The van der Waals surface area contributed by atoms with Crippen LogP contribution in [0.15, 0.2) is 74.8 Å². The molecule has 28 heavy (non-hydrogen) atoms. The fourth-order valence-corrected chi connectivity index (χ4v) is 5.24. The molecule has 1 aliphatic heterocycles. The van der Waals surface area contributed by atoms with Crippen LogP contribution in [-0.2, 0) is 9.84 Å². The standard InChI is InChI=1S/C21H19NO5S/c23-20(18-13-15-7-4-5-11-19(15)27-21(18)24)22-12-6-8-16(22)14-28(25,26)17-9-2-1-3-10-17/h1-5,7,9-11,13,16H,6,8,12,14H2. The van der Waals surface area contributed by atoms with Crippen molar-refractivity contribution in [1.29, 1.82) is 0 Å². The lowest BCUT2D eigenvalue weighted by atomic mass is 10.1. The van der Waals surface area contributed by atoms with E-state index in [1.165, 1.54) is 11.0 Å². The highest BCUT2D eigenvalue weighted by Crippen LogP contribution is 2.24. The van der Waals surface area contributed by atoms with Gasteiger partial charge in [-0.05, 0) is 37.1 Å². The second kappa shape index (κ2) is 7.24. The zero-order valence-electron chi connectivity index (χ0n) is 15.1. The van der Waals surface area contributed by atoms with E-state index in [-0.39, 0.29) is 16.2 Å². The highest BCUT2D eigenvalue weighted by atomic mass is 32.2. The zero-order valence-corrected chi connectivity index (χ0v) is 15.9. The molecule has 1 aliphatic rings. The number of nitrogens with zero attached hydrogens (tertiary/aromatic N) is 1. The van der Waals surface area contributed by atoms with E-state index in [4.69, 9.17) is 4.42 Å². The summed E-state index contributed by atoms with van der Waals surface area (Å²) in [6.07, 6.45) is 1.27. The van der Waals surface area contributed by atoms with Crippen molar-refractivity contribution in [3.63, 3.8) is 0 Å². The molecule has 144 valence electrons. The lowest BCUT2D eigenvalue weighted by Gasteiger charge is -2.24. The van der Waals surface area contributed by atoms with Crippen LogP contribution in [0.2, 0.25) is 0 Å². The number of fused-ring (bicyclic) bond motifs is 1. The third kappa shape index (κ3) is 3.45. The predicted molar refractivity (Wildman–Crippen MR) is 105 cm³/mol. The first-order valence-electron chi connectivity index (χ1n) is 9.07. The Bertz CT molecular complexity index is 1180. The maximum Gasteiger partial charge on any atom is 0.349 e. The van der Waals surface area contributed by atoms with Gasteiger partial charge in [0.15, 0.2) is 9.84 Å². The third-order valence-corrected chi connectivity index (χ3v) is 6.84.